The molecule has 2 atom stereocenters. The average Bonchev–Trinajstić information content (AvgIpc) is 2.94. The number of piperazine rings is 1. The third-order valence-electron chi connectivity index (χ3n) is 8.42. The molecular weight excluding hydrogens is 432 g/mol. The van der Waals surface area contributed by atoms with Crippen molar-refractivity contribution in [3.63, 3.8) is 0 Å². The molecule has 6 rings (SSSR count). The van der Waals surface area contributed by atoms with Gasteiger partial charge in [0.05, 0.1) is 17.2 Å². The Bertz CT molecular complexity index is 1170. The van der Waals surface area contributed by atoms with Crippen LogP contribution >= 0.6 is 0 Å². The molecule has 0 bridgehead atoms. The summed E-state index contributed by atoms with van der Waals surface area (Å²) in [6.45, 7) is 3.67. The molecule has 2 unspecified atom stereocenters. The van der Waals surface area contributed by atoms with Gasteiger partial charge >= 0.3 is 0 Å². The van der Waals surface area contributed by atoms with Gasteiger partial charge in [-0.05, 0) is 49.4 Å². The smallest absolute Gasteiger partial charge is 0.155 e. The van der Waals surface area contributed by atoms with Gasteiger partial charge in [-0.1, -0.05) is 55.7 Å². The summed E-state index contributed by atoms with van der Waals surface area (Å²) in [5.74, 6) is 0.717. The number of rotatable bonds is 5. The topological polar surface area (TPSA) is 48.5 Å². The Balaban J connectivity index is 1.23. The number of nitrogens with zero attached hydrogens (tertiary/aromatic N) is 3. The number of anilines is 2. The van der Waals surface area contributed by atoms with Crippen LogP contribution in [0.4, 0.5) is 11.4 Å². The van der Waals surface area contributed by atoms with Crippen molar-refractivity contribution >= 4 is 28.1 Å². The van der Waals surface area contributed by atoms with Gasteiger partial charge < -0.3 is 10.2 Å². The third-order valence-corrected chi connectivity index (χ3v) is 8.42. The SMILES string of the molecule is O=C(C1CCCCC1)C(C1CCc2ccccc2N1)N1CCN(c2cccc3cccnc23)CC1. The summed E-state index contributed by atoms with van der Waals surface area (Å²) in [4.78, 5) is 23.7. The fourth-order valence-electron chi connectivity index (χ4n) is 6.54. The van der Waals surface area contributed by atoms with Gasteiger partial charge in [0.1, 0.15) is 0 Å². The van der Waals surface area contributed by atoms with E-state index in [1.165, 1.54) is 41.6 Å². The van der Waals surface area contributed by atoms with Crippen LogP contribution in [0.15, 0.2) is 60.8 Å². The standard InChI is InChI=1S/C30H36N4O/c35-30(24-9-2-1-3-10-24)29(26-16-15-22-8-4-5-13-25(22)32-26)34-20-18-33(19-21-34)27-14-6-11-23-12-7-17-31-28(23)27/h4-8,11-14,17,24,26,29,32H,1-3,9-10,15-16,18-21H2. The minimum atomic E-state index is -0.0424. The lowest BCUT2D eigenvalue weighted by Crippen LogP contribution is -2.60. The number of ketones is 1. The lowest BCUT2D eigenvalue weighted by Gasteiger charge is -2.45. The van der Waals surface area contributed by atoms with Crippen molar-refractivity contribution in [3.05, 3.63) is 66.4 Å². The molecule has 2 aromatic carbocycles. The highest BCUT2D eigenvalue weighted by molar-refractivity contribution is 5.91. The van der Waals surface area contributed by atoms with Crippen molar-refractivity contribution in [1.82, 2.24) is 9.88 Å². The average molecular weight is 469 g/mol. The van der Waals surface area contributed by atoms with Gasteiger partial charge in [0, 0.05) is 55.4 Å². The minimum Gasteiger partial charge on any atom is -0.380 e. The number of carbonyl (C=O) groups is 1. The van der Waals surface area contributed by atoms with E-state index in [4.69, 9.17) is 0 Å². The second-order valence-electron chi connectivity index (χ2n) is 10.5. The maximum Gasteiger partial charge on any atom is 0.155 e. The number of hydrogen-bond acceptors (Lipinski definition) is 5. The lowest BCUT2D eigenvalue weighted by atomic mass is 9.80. The first-order chi connectivity index (χ1) is 17.3. The molecule has 182 valence electrons. The molecule has 0 amide bonds. The maximum atomic E-state index is 14.0. The Kier molecular flexibility index (Phi) is 6.43. The van der Waals surface area contributed by atoms with E-state index in [9.17, 15) is 4.79 Å². The van der Waals surface area contributed by atoms with Crippen molar-refractivity contribution in [2.75, 3.05) is 36.4 Å². The molecule has 35 heavy (non-hydrogen) atoms. The molecule has 5 heteroatoms. The van der Waals surface area contributed by atoms with E-state index in [1.54, 1.807) is 0 Å². The predicted molar refractivity (Wildman–Crippen MR) is 143 cm³/mol. The number of aryl methyl sites for hydroxylation is 1. The number of para-hydroxylation sites is 2. The monoisotopic (exact) mass is 468 g/mol. The molecule has 3 heterocycles. The van der Waals surface area contributed by atoms with E-state index in [0.717, 1.165) is 57.4 Å². The van der Waals surface area contributed by atoms with Gasteiger partial charge in [-0.25, -0.2) is 0 Å². The van der Waals surface area contributed by atoms with Gasteiger partial charge in [0.15, 0.2) is 5.78 Å². The van der Waals surface area contributed by atoms with Crippen LogP contribution in [0, 0.1) is 5.92 Å². The van der Waals surface area contributed by atoms with E-state index < -0.39 is 0 Å². The highest BCUT2D eigenvalue weighted by Crippen LogP contribution is 2.33. The number of fused-ring (bicyclic) bond motifs is 2. The second-order valence-corrected chi connectivity index (χ2v) is 10.5. The zero-order valence-corrected chi connectivity index (χ0v) is 20.5. The number of Topliss-reactive ketones (excluding diaryl/α,β-unsaturated/α-hetero) is 1. The van der Waals surface area contributed by atoms with Gasteiger partial charge in [-0.15, -0.1) is 0 Å². The Hall–Kier alpha value is -2.92. The fourth-order valence-corrected chi connectivity index (χ4v) is 6.54. The van der Waals surface area contributed by atoms with Crippen LogP contribution in [0.2, 0.25) is 0 Å². The van der Waals surface area contributed by atoms with Crippen LogP contribution in [-0.4, -0.2) is 53.9 Å². The summed E-state index contributed by atoms with van der Waals surface area (Å²) < 4.78 is 0. The zero-order chi connectivity index (χ0) is 23.6. The Morgan fingerprint density at radius 3 is 2.54 bits per heavy atom. The summed E-state index contributed by atoms with van der Waals surface area (Å²) in [5.41, 5.74) is 4.87. The van der Waals surface area contributed by atoms with E-state index in [1.807, 2.05) is 12.3 Å². The van der Waals surface area contributed by atoms with Crippen LogP contribution < -0.4 is 10.2 Å². The first kappa shape index (κ1) is 22.5. The van der Waals surface area contributed by atoms with Crippen molar-refractivity contribution in [1.29, 1.82) is 0 Å². The normalized spacial score (nSPS) is 22.4. The van der Waals surface area contributed by atoms with E-state index in [2.05, 4.69) is 68.6 Å². The quantitative estimate of drug-likeness (QED) is 0.551. The Morgan fingerprint density at radius 2 is 1.69 bits per heavy atom. The highest BCUT2D eigenvalue weighted by Gasteiger charge is 2.40. The van der Waals surface area contributed by atoms with Crippen molar-refractivity contribution < 1.29 is 4.79 Å². The van der Waals surface area contributed by atoms with Crippen molar-refractivity contribution in [3.8, 4) is 0 Å². The number of aromatic nitrogens is 1. The van der Waals surface area contributed by atoms with Gasteiger partial charge in [0.25, 0.3) is 0 Å². The van der Waals surface area contributed by atoms with E-state index in [0.29, 0.717) is 5.78 Å². The molecule has 1 N–H and O–H groups in total. The molecule has 1 saturated heterocycles. The molecule has 1 saturated carbocycles. The Morgan fingerprint density at radius 1 is 0.886 bits per heavy atom. The maximum absolute atomic E-state index is 14.0. The van der Waals surface area contributed by atoms with E-state index >= 15 is 0 Å². The molecule has 0 spiro atoms. The van der Waals surface area contributed by atoms with Gasteiger partial charge in [0.2, 0.25) is 0 Å². The fraction of sp³-hybridized carbons (Fsp3) is 0.467. The van der Waals surface area contributed by atoms with Crippen LogP contribution in [0.25, 0.3) is 10.9 Å². The molecule has 0 radical (unpaired) electrons. The predicted octanol–water partition coefficient (Wildman–Crippen LogP) is 5.30. The van der Waals surface area contributed by atoms with Crippen LogP contribution in [-0.2, 0) is 11.2 Å². The van der Waals surface area contributed by atoms with Crippen molar-refractivity contribution in [2.24, 2.45) is 5.92 Å². The first-order valence-corrected chi connectivity index (χ1v) is 13.5. The summed E-state index contributed by atoms with van der Waals surface area (Å²) >= 11 is 0. The van der Waals surface area contributed by atoms with Crippen LogP contribution in [0.5, 0.6) is 0 Å². The van der Waals surface area contributed by atoms with Crippen LogP contribution in [0.1, 0.15) is 44.1 Å². The third kappa shape index (κ3) is 4.54. The molecule has 3 aliphatic rings. The van der Waals surface area contributed by atoms with Crippen LogP contribution in [0.3, 0.4) is 0 Å². The minimum absolute atomic E-state index is 0.0424. The summed E-state index contributed by atoms with van der Waals surface area (Å²) in [5, 5.41) is 4.98. The molecule has 3 aromatic rings. The number of pyridine rings is 1. The summed E-state index contributed by atoms with van der Waals surface area (Å²) in [6.07, 6.45) is 9.77. The van der Waals surface area contributed by atoms with Gasteiger partial charge in [-0.3, -0.25) is 14.7 Å². The molecule has 5 nitrogen and oxygen atoms in total. The van der Waals surface area contributed by atoms with Gasteiger partial charge in [-0.2, -0.15) is 0 Å². The Labute approximate surface area is 208 Å². The summed E-state index contributed by atoms with van der Waals surface area (Å²) in [7, 11) is 0. The highest BCUT2D eigenvalue weighted by atomic mass is 16.1. The largest absolute Gasteiger partial charge is 0.380 e. The molecule has 2 aliphatic heterocycles. The lowest BCUT2D eigenvalue weighted by molar-refractivity contribution is -0.130. The molecule has 2 fully saturated rings. The van der Waals surface area contributed by atoms with Crippen molar-refractivity contribution in [2.45, 2.75) is 57.0 Å². The zero-order valence-electron chi connectivity index (χ0n) is 20.5. The number of nitrogens with one attached hydrogen (secondary N) is 1. The first-order valence-electron chi connectivity index (χ1n) is 13.5. The number of carbonyl (C=O) groups excluding carboxylic acids is 1. The molecule has 1 aliphatic carbocycles. The number of hydrogen-bond donors (Lipinski definition) is 1. The van der Waals surface area contributed by atoms with E-state index in [-0.39, 0.29) is 18.0 Å². The summed E-state index contributed by atoms with van der Waals surface area (Å²) in [6, 6.07) is 19.3. The second kappa shape index (κ2) is 9.98. The molecule has 1 aromatic heterocycles. The molecular formula is C30H36N4O. The number of benzene rings is 2.